The molecule has 1 rings (SSSR count). The largest absolute Gasteiger partial charge is 0.478 e. The van der Waals surface area contributed by atoms with Crippen LogP contribution in [0.3, 0.4) is 0 Å². The number of aryl methyl sites for hydroxylation is 1. The Kier molecular flexibility index (Phi) is 3.18. The number of benzene rings is 1. The molecular formula is C11H10O3. The van der Waals surface area contributed by atoms with E-state index in [1.165, 1.54) is 6.08 Å². The predicted octanol–water partition coefficient (Wildman–Crippen LogP) is 1.91. The summed E-state index contributed by atoms with van der Waals surface area (Å²) in [6.07, 6.45) is 3.34. The first-order valence-corrected chi connectivity index (χ1v) is 4.10. The van der Waals surface area contributed by atoms with Crippen molar-refractivity contribution >= 4 is 18.3 Å². The van der Waals surface area contributed by atoms with Crippen molar-refractivity contribution < 1.29 is 14.7 Å². The van der Waals surface area contributed by atoms with Crippen LogP contribution in [0.5, 0.6) is 0 Å². The molecule has 0 aromatic heterocycles. The van der Waals surface area contributed by atoms with Gasteiger partial charge >= 0.3 is 5.97 Å². The van der Waals surface area contributed by atoms with Crippen molar-refractivity contribution in [3.8, 4) is 0 Å². The number of hydrogen-bond acceptors (Lipinski definition) is 2. The highest BCUT2D eigenvalue weighted by atomic mass is 16.4. The van der Waals surface area contributed by atoms with Gasteiger partial charge < -0.3 is 5.11 Å². The Morgan fingerprint density at radius 1 is 1.43 bits per heavy atom. The van der Waals surface area contributed by atoms with Crippen molar-refractivity contribution in [1.29, 1.82) is 0 Å². The molecule has 1 aromatic rings. The van der Waals surface area contributed by atoms with E-state index in [9.17, 15) is 9.59 Å². The number of hydrogen-bond donors (Lipinski definition) is 1. The Hall–Kier alpha value is -1.90. The summed E-state index contributed by atoms with van der Waals surface area (Å²) in [6, 6.07) is 5.09. The quantitative estimate of drug-likeness (QED) is 0.585. The third-order valence-corrected chi connectivity index (χ3v) is 1.84. The maximum absolute atomic E-state index is 10.4. The zero-order valence-electron chi connectivity index (χ0n) is 7.73. The highest BCUT2D eigenvalue weighted by Crippen LogP contribution is 2.11. The van der Waals surface area contributed by atoms with Crippen LogP contribution in [0.15, 0.2) is 24.3 Å². The van der Waals surface area contributed by atoms with E-state index in [1.807, 2.05) is 6.92 Å². The summed E-state index contributed by atoms with van der Waals surface area (Å²) in [4.78, 5) is 20.7. The number of aldehydes is 1. The molecule has 0 bridgehead atoms. The van der Waals surface area contributed by atoms with Crippen LogP contribution in [-0.2, 0) is 4.79 Å². The Balaban J connectivity index is 3.00. The minimum absolute atomic E-state index is 0.593. The van der Waals surface area contributed by atoms with Crippen LogP contribution in [0, 0.1) is 6.92 Å². The number of carbonyl (C=O) groups excluding carboxylic acids is 1. The van der Waals surface area contributed by atoms with E-state index in [1.54, 1.807) is 18.2 Å². The van der Waals surface area contributed by atoms with Crippen molar-refractivity contribution in [2.75, 3.05) is 0 Å². The molecule has 0 saturated carbocycles. The first kappa shape index (κ1) is 10.2. The average molecular weight is 190 g/mol. The van der Waals surface area contributed by atoms with Crippen molar-refractivity contribution in [3.05, 3.63) is 41.0 Å². The van der Waals surface area contributed by atoms with Gasteiger partial charge in [0.1, 0.15) is 6.29 Å². The van der Waals surface area contributed by atoms with E-state index in [-0.39, 0.29) is 0 Å². The first-order valence-electron chi connectivity index (χ1n) is 4.10. The lowest BCUT2D eigenvalue weighted by atomic mass is 10.1. The van der Waals surface area contributed by atoms with E-state index in [0.717, 1.165) is 23.5 Å². The highest BCUT2D eigenvalue weighted by Gasteiger charge is 1.96. The Bertz CT molecular complexity index is 392. The molecule has 0 unspecified atom stereocenters. The highest BCUT2D eigenvalue weighted by molar-refractivity contribution is 5.86. The third-order valence-electron chi connectivity index (χ3n) is 1.84. The van der Waals surface area contributed by atoms with E-state index in [4.69, 9.17) is 5.11 Å². The van der Waals surface area contributed by atoms with Gasteiger partial charge in [-0.05, 0) is 30.2 Å². The van der Waals surface area contributed by atoms with E-state index in [0.29, 0.717) is 5.56 Å². The van der Waals surface area contributed by atoms with Crippen LogP contribution in [0.1, 0.15) is 21.5 Å². The summed E-state index contributed by atoms with van der Waals surface area (Å²) in [5, 5.41) is 8.42. The topological polar surface area (TPSA) is 54.4 Å². The van der Waals surface area contributed by atoms with Gasteiger partial charge in [-0.25, -0.2) is 4.79 Å². The molecule has 0 aliphatic heterocycles. The Labute approximate surface area is 81.7 Å². The second kappa shape index (κ2) is 4.37. The molecule has 3 heteroatoms. The summed E-state index contributed by atoms with van der Waals surface area (Å²) < 4.78 is 0. The fourth-order valence-corrected chi connectivity index (χ4v) is 1.12. The lowest BCUT2D eigenvalue weighted by Gasteiger charge is -1.99. The second-order valence-corrected chi connectivity index (χ2v) is 2.91. The average Bonchev–Trinajstić information content (AvgIpc) is 2.15. The van der Waals surface area contributed by atoms with Crippen LogP contribution < -0.4 is 0 Å². The first-order chi connectivity index (χ1) is 6.63. The van der Waals surface area contributed by atoms with Crippen molar-refractivity contribution in [3.63, 3.8) is 0 Å². The molecule has 0 spiro atoms. The summed E-state index contributed by atoms with van der Waals surface area (Å²) in [5.74, 6) is -0.983. The molecule has 0 saturated heterocycles. The number of carboxylic acids is 1. The SMILES string of the molecule is Cc1cc(C=O)ccc1C=CC(=O)O. The normalized spacial score (nSPS) is 10.4. The van der Waals surface area contributed by atoms with Gasteiger partial charge in [0.05, 0.1) is 0 Å². The van der Waals surface area contributed by atoms with Crippen LogP contribution >= 0.6 is 0 Å². The zero-order valence-corrected chi connectivity index (χ0v) is 7.73. The monoisotopic (exact) mass is 190 g/mol. The number of carboxylic acid groups (broad SMARTS) is 1. The standard InChI is InChI=1S/C11H10O3/c1-8-6-9(7-12)2-3-10(8)4-5-11(13)14/h2-7H,1H3,(H,13,14). The third kappa shape index (κ3) is 2.55. The van der Waals surface area contributed by atoms with Gasteiger partial charge in [-0.3, -0.25) is 4.79 Å². The van der Waals surface area contributed by atoms with Crippen LogP contribution in [0.25, 0.3) is 6.08 Å². The van der Waals surface area contributed by atoms with Gasteiger partial charge in [0.25, 0.3) is 0 Å². The second-order valence-electron chi connectivity index (χ2n) is 2.91. The molecular weight excluding hydrogens is 180 g/mol. The lowest BCUT2D eigenvalue weighted by Crippen LogP contribution is -1.88. The molecule has 14 heavy (non-hydrogen) atoms. The molecule has 0 heterocycles. The van der Waals surface area contributed by atoms with Crippen molar-refractivity contribution in [1.82, 2.24) is 0 Å². The van der Waals surface area contributed by atoms with E-state index in [2.05, 4.69) is 0 Å². The van der Waals surface area contributed by atoms with Gasteiger partial charge in [-0.15, -0.1) is 0 Å². The van der Waals surface area contributed by atoms with E-state index < -0.39 is 5.97 Å². The number of rotatable bonds is 3. The lowest BCUT2D eigenvalue weighted by molar-refractivity contribution is -0.131. The fourth-order valence-electron chi connectivity index (χ4n) is 1.12. The van der Waals surface area contributed by atoms with Crippen LogP contribution in [0.2, 0.25) is 0 Å². The number of carbonyl (C=O) groups is 2. The summed E-state index contributed by atoms with van der Waals surface area (Å²) in [7, 11) is 0. The molecule has 3 nitrogen and oxygen atoms in total. The smallest absolute Gasteiger partial charge is 0.328 e. The molecule has 0 aliphatic carbocycles. The predicted molar refractivity (Wildman–Crippen MR) is 53.2 cm³/mol. The maximum Gasteiger partial charge on any atom is 0.328 e. The molecule has 0 amide bonds. The van der Waals surface area contributed by atoms with Gasteiger partial charge in [-0.1, -0.05) is 12.1 Å². The van der Waals surface area contributed by atoms with Gasteiger partial charge in [0, 0.05) is 11.6 Å². The Morgan fingerprint density at radius 3 is 2.64 bits per heavy atom. The number of aliphatic carboxylic acids is 1. The van der Waals surface area contributed by atoms with Crippen LogP contribution in [0.4, 0.5) is 0 Å². The van der Waals surface area contributed by atoms with Crippen molar-refractivity contribution in [2.45, 2.75) is 6.92 Å². The van der Waals surface area contributed by atoms with Crippen LogP contribution in [-0.4, -0.2) is 17.4 Å². The molecule has 1 N–H and O–H groups in total. The summed E-state index contributed by atoms with van der Waals surface area (Å²) >= 11 is 0. The minimum Gasteiger partial charge on any atom is -0.478 e. The molecule has 0 radical (unpaired) electrons. The maximum atomic E-state index is 10.4. The molecule has 72 valence electrons. The Morgan fingerprint density at radius 2 is 2.14 bits per heavy atom. The molecule has 0 aliphatic rings. The van der Waals surface area contributed by atoms with Gasteiger partial charge in [-0.2, -0.15) is 0 Å². The molecule has 1 aromatic carbocycles. The molecule has 0 fully saturated rings. The van der Waals surface area contributed by atoms with Crippen molar-refractivity contribution in [2.24, 2.45) is 0 Å². The molecule has 0 atom stereocenters. The van der Waals surface area contributed by atoms with Gasteiger partial charge in [0.15, 0.2) is 0 Å². The zero-order chi connectivity index (χ0) is 10.6. The fraction of sp³-hybridized carbons (Fsp3) is 0.0909. The summed E-state index contributed by atoms with van der Waals surface area (Å²) in [5.41, 5.74) is 2.28. The minimum atomic E-state index is -0.983. The summed E-state index contributed by atoms with van der Waals surface area (Å²) in [6.45, 7) is 1.83. The van der Waals surface area contributed by atoms with Gasteiger partial charge in [0.2, 0.25) is 0 Å². The van der Waals surface area contributed by atoms with E-state index >= 15 is 0 Å².